The van der Waals surface area contributed by atoms with Crippen LogP contribution < -0.4 is 10.1 Å². The molecule has 0 spiro atoms. The Bertz CT molecular complexity index is 886. The minimum Gasteiger partial charge on any atom is -0.497 e. The minimum absolute atomic E-state index is 0.0562. The van der Waals surface area contributed by atoms with Gasteiger partial charge in [0.05, 0.1) is 12.8 Å². The first-order valence-corrected chi connectivity index (χ1v) is 7.72. The van der Waals surface area contributed by atoms with Crippen LogP contribution in [0.5, 0.6) is 5.75 Å². The number of carbonyl (C=O) groups is 1. The van der Waals surface area contributed by atoms with Crippen LogP contribution in [0.1, 0.15) is 10.5 Å². The number of nitrogens with one attached hydrogen (secondary N) is 1. The van der Waals surface area contributed by atoms with E-state index in [1.807, 2.05) is 5.32 Å². The molecule has 5 nitrogen and oxygen atoms in total. The molecule has 126 valence electrons. The highest BCUT2D eigenvalue weighted by Gasteiger charge is 2.29. The van der Waals surface area contributed by atoms with Crippen LogP contribution in [0.25, 0.3) is 16.2 Å². The van der Waals surface area contributed by atoms with E-state index in [4.69, 9.17) is 4.74 Å². The summed E-state index contributed by atoms with van der Waals surface area (Å²) >= 11 is 1.29. The first-order valence-electron chi connectivity index (χ1n) is 6.84. The standard InChI is InChI=1S/C15H12F3N3O2S/c1-23-10-4-2-3-9(7-10)12-11(13(22)19-8-15(16,17)18)20-14-21(12)5-6-24-14/h2-7H,8H2,1H3,(H,19,22). The number of benzene rings is 1. The molecule has 0 saturated carbocycles. The largest absolute Gasteiger partial charge is 0.497 e. The summed E-state index contributed by atoms with van der Waals surface area (Å²) in [6, 6.07) is 6.90. The van der Waals surface area contributed by atoms with Gasteiger partial charge in [-0.3, -0.25) is 9.20 Å². The number of carbonyl (C=O) groups excluding carboxylic acids is 1. The normalized spacial score (nSPS) is 11.7. The molecular formula is C15H12F3N3O2S. The molecule has 0 radical (unpaired) electrons. The number of alkyl halides is 3. The number of halogens is 3. The highest BCUT2D eigenvalue weighted by atomic mass is 32.1. The quantitative estimate of drug-likeness (QED) is 0.781. The molecule has 0 unspecified atom stereocenters. The molecule has 3 aromatic rings. The van der Waals surface area contributed by atoms with Crippen LogP contribution in [0.3, 0.4) is 0 Å². The molecule has 2 aromatic heterocycles. The number of aromatic nitrogens is 2. The minimum atomic E-state index is -4.48. The molecular weight excluding hydrogens is 343 g/mol. The molecule has 1 aromatic carbocycles. The van der Waals surface area contributed by atoms with E-state index in [-0.39, 0.29) is 5.69 Å². The summed E-state index contributed by atoms with van der Waals surface area (Å²) in [6.45, 7) is -1.41. The van der Waals surface area contributed by atoms with E-state index in [0.29, 0.717) is 22.0 Å². The average molecular weight is 355 g/mol. The zero-order valence-electron chi connectivity index (χ0n) is 12.4. The molecule has 0 bridgehead atoms. The van der Waals surface area contributed by atoms with Gasteiger partial charge in [0.1, 0.15) is 12.3 Å². The summed E-state index contributed by atoms with van der Waals surface area (Å²) in [4.78, 5) is 16.9. The molecule has 1 N–H and O–H groups in total. The van der Waals surface area contributed by atoms with Crippen LogP contribution in [0.4, 0.5) is 13.2 Å². The number of thiazole rings is 1. The molecule has 0 atom stereocenters. The summed E-state index contributed by atoms with van der Waals surface area (Å²) in [6.07, 6.45) is -2.77. The van der Waals surface area contributed by atoms with Gasteiger partial charge < -0.3 is 10.1 Å². The molecule has 24 heavy (non-hydrogen) atoms. The summed E-state index contributed by atoms with van der Waals surface area (Å²) < 4.78 is 43.9. The summed E-state index contributed by atoms with van der Waals surface area (Å²) in [5, 5.41) is 3.64. The van der Waals surface area contributed by atoms with Gasteiger partial charge in [0.15, 0.2) is 10.7 Å². The lowest BCUT2D eigenvalue weighted by Crippen LogP contribution is -2.34. The molecule has 9 heteroatoms. The maximum atomic E-state index is 12.3. The monoisotopic (exact) mass is 355 g/mol. The van der Waals surface area contributed by atoms with Crippen molar-refractivity contribution in [1.82, 2.24) is 14.7 Å². The predicted molar refractivity (Wildman–Crippen MR) is 83.4 cm³/mol. The summed E-state index contributed by atoms with van der Waals surface area (Å²) in [5.74, 6) is -0.305. The summed E-state index contributed by atoms with van der Waals surface area (Å²) in [5.41, 5.74) is 0.988. The number of fused-ring (bicyclic) bond motifs is 1. The number of hydrogen-bond donors (Lipinski definition) is 1. The van der Waals surface area contributed by atoms with E-state index >= 15 is 0 Å². The fourth-order valence-corrected chi connectivity index (χ4v) is 2.97. The fraction of sp³-hybridized carbons (Fsp3) is 0.200. The first-order chi connectivity index (χ1) is 11.4. The lowest BCUT2D eigenvalue weighted by Gasteiger charge is -2.09. The zero-order valence-corrected chi connectivity index (χ0v) is 13.2. The predicted octanol–water partition coefficient (Wildman–Crippen LogP) is 3.36. The van der Waals surface area contributed by atoms with Crippen LogP contribution in [0, 0.1) is 0 Å². The van der Waals surface area contributed by atoms with Gasteiger partial charge >= 0.3 is 6.18 Å². The van der Waals surface area contributed by atoms with Crippen LogP contribution in [-0.4, -0.2) is 35.1 Å². The fourth-order valence-electron chi connectivity index (χ4n) is 2.25. The highest BCUT2D eigenvalue weighted by Crippen LogP contribution is 2.30. The molecule has 0 aliphatic rings. The van der Waals surface area contributed by atoms with E-state index < -0.39 is 18.6 Å². The number of ether oxygens (including phenoxy) is 1. The van der Waals surface area contributed by atoms with Crippen molar-refractivity contribution in [2.75, 3.05) is 13.7 Å². The first kappa shape index (κ1) is 16.3. The van der Waals surface area contributed by atoms with Crippen molar-refractivity contribution in [3.63, 3.8) is 0 Å². The van der Waals surface area contributed by atoms with E-state index in [2.05, 4.69) is 4.98 Å². The molecule has 0 fully saturated rings. The Morgan fingerprint density at radius 3 is 2.92 bits per heavy atom. The Morgan fingerprint density at radius 1 is 1.42 bits per heavy atom. The number of imidazole rings is 1. The molecule has 3 rings (SSSR count). The highest BCUT2D eigenvalue weighted by molar-refractivity contribution is 7.15. The van der Waals surface area contributed by atoms with Crippen molar-refractivity contribution in [2.45, 2.75) is 6.18 Å². The van der Waals surface area contributed by atoms with Gasteiger partial charge in [0.2, 0.25) is 0 Å². The maximum Gasteiger partial charge on any atom is 0.405 e. The van der Waals surface area contributed by atoms with Crippen molar-refractivity contribution in [3.8, 4) is 17.0 Å². The van der Waals surface area contributed by atoms with E-state index in [1.54, 1.807) is 40.2 Å². The van der Waals surface area contributed by atoms with Crippen LogP contribution in [0.15, 0.2) is 35.8 Å². The molecule has 1 amide bonds. The Kier molecular flexibility index (Phi) is 4.18. The third-order valence-corrected chi connectivity index (χ3v) is 4.03. The Hall–Kier alpha value is -2.55. The second kappa shape index (κ2) is 6.16. The third-order valence-electron chi connectivity index (χ3n) is 3.27. The van der Waals surface area contributed by atoms with Crippen LogP contribution in [-0.2, 0) is 0 Å². The van der Waals surface area contributed by atoms with Crippen molar-refractivity contribution in [2.24, 2.45) is 0 Å². The number of hydrogen-bond acceptors (Lipinski definition) is 4. The number of nitrogens with zero attached hydrogens (tertiary/aromatic N) is 2. The van der Waals surface area contributed by atoms with Gasteiger partial charge in [0, 0.05) is 17.1 Å². The van der Waals surface area contributed by atoms with Gasteiger partial charge in [-0.25, -0.2) is 4.98 Å². The zero-order chi connectivity index (χ0) is 17.3. The lowest BCUT2D eigenvalue weighted by atomic mass is 10.1. The molecule has 2 heterocycles. The second-order valence-electron chi connectivity index (χ2n) is 4.89. The number of methoxy groups -OCH3 is 1. The average Bonchev–Trinajstić information content (AvgIpc) is 3.12. The number of rotatable bonds is 4. The van der Waals surface area contributed by atoms with Crippen LogP contribution in [0.2, 0.25) is 0 Å². The van der Waals surface area contributed by atoms with E-state index in [9.17, 15) is 18.0 Å². The van der Waals surface area contributed by atoms with Gasteiger partial charge in [-0.2, -0.15) is 13.2 Å². The van der Waals surface area contributed by atoms with Gasteiger partial charge in [-0.05, 0) is 12.1 Å². The topological polar surface area (TPSA) is 55.6 Å². The van der Waals surface area contributed by atoms with Gasteiger partial charge in [0.25, 0.3) is 5.91 Å². The van der Waals surface area contributed by atoms with Gasteiger partial charge in [-0.1, -0.05) is 12.1 Å². The van der Waals surface area contributed by atoms with Crippen molar-refractivity contribution in [3.05, 3.63) is 41.5 Å². The van der Waals surface area contributed by atoms with Crippen molar-refractivity contribution >= 4 is 22.2 Å². The molecule has 0 aliphatic heterocycles. The van der Waals surface area contributed by atoms with Crippen molar-refractivity contribution < 1.29 is 22.7 Å². The van der Waals surface area contributed by atoms with Crippen molar-refractivity contribution in [1.29, 1.82) is 0 Å². The summed E-state index contributed by atoms with van der Waals surface area (Å²) in [7, 11) is 1.51. The number of amides is 1. The lowest BCUT2D eigenvalue weighted by molar-refractivity contribution is -0.123. The van der Waals surface area contributed by atoms with E-state index in [1.165, 1.54) is 18.4 Å². The molecule has 0 saturated heterocycles. The van der Waals surface area contributed by atoms with E-state index in [0.717, 1.165) is 0 Å². The SMILES string of the molecule is COc1cccc(-c2c(C(=O)NCC(F)(F)F)nc3sccn23)c1. The third kappa shape index (κ3) is 3.21. The second-order valence-corrected chi connectivity index (χ2v) is 5.77. The van der Waals surface area contributed by atoms with Gasteiger partial charge in [-0.15, -0.1) is 11.3 Å². The Balaban J connectivity index is 2.05. The maximum absolute atomic E-state index is 12.3. The smallest absolute Gasteiger partial charge is 0.405 e. The molecule has 0 aliphatic carbocycles. The Labute approximate surface area is 138 Å². The van der Waals surface area contributed by atoms with Crippen LogP contribution >= 0.6 is 11.3 Å². The Morgan fingerprint density at radius 2 is 2.21 bits per heavy atom.